The van der Waals surface area contributed by atoms with Crippen LogP contribution in [0.5, 0.6) is 11.8 Å². The number of carbonyl (C=O) groups is 1. The van der Waals surface area contributed by atoms with Gasteiger partial charge in [0.25, 0.3) is 0 Å². The third-order valence-corrected chi connectivity index (χ3v) is 9.52. The highest BCUT2D eigenvalue weighted by Gasteiger charge is 2.40. The van der Waals surface area contributed by atoms with E-state index in [0.29, 0.717) is 11.2 Å². The first kappa shape index (κ1) is 20.1. The van der Waals surface area contributed by atoms with E-state index in [4.69, 9.17) is 4.84 Å². The van der Waals surface area contributed by atoms with Crippen LogP contribution in [0.2, 0.25) is 11.1 Å². The van der Waals surface area contributed by atoms with E-state index < -0.39 is 14.3 Å². The Morgan fingerprint density at radius 2 is 1.65 bits per heavy atom. The van der Waals surface area contributed by atoms with Gasteiger partial charge in [0.15, 0.2) is 0 Å². The van der Waals surface area contributed by atoms with Gasteiger partial charge in [-0.05, 0) is 28.3 Å². The van der Waals surface area contributed by atoms with Crippen molar-refractivity contribution in [1.29, 1.82) is 0 Å². The number of hydrogen-bond acceptors (Lipinski definition) is 5. The lowest BCUT2D eigenvalue weighted by Crippen LogP contribution is -2.53. The third kappa shape index (κ3) is 4.11. The van der Waals surface area contributed by atoms with Crippen LogP contribution in [0.3, 0.4) is 0 Å². The van der Waals surface area contributed by atoms with Crippen molar-refractivity contribution in [3.63, 3.8) is 0 Å². The average molecular weight is 378 g/mol. The van der Waals surface area contributed by atoms with E-state index in [1.807, 2.05) is 52.0 Å². The number of nitrogens with zero attached hydrogens (tertiary/aromatic N) is 1. The zero-order chi connectivity index (χ0) is 19.5. The highest BCUT2D eigenvalue weighted by atomic mass is 28.4. The number of carbonyl (C=O) groups excluding carboxylic acids is 1. The zero-order valence-electron chi connectivity index (χ0n) is 15.6. The molecular formula is C19H27NO5Si. The van der Waals surface area contributed by atoms with Gasteiger partial charge in [0.05, 0.1) is 6.42 Å². The lowest BCUT2D eigenvalue weighted by atomic mass is 10.1. The maximum Gasteiger partial charge on any atom is 0.333 e. The van der Waals surface area contributed by atoms with Gasteiger partial charge in [-0.1, -0.05) is 52.0 Å². The Kier molecular flexibility index (Phi) is 6.15. The molecule has 3 N–H and O–H groups in total. The van der Waals surface area contributed by atoms with Gasteiger partial charge in [-0.15, -0.1) is 4.73 Å². The van der Waals surface area contributed by atoms with Crippen LogP contribution in [0.4, 0.5) is 0 Å². The molecule has 7 heteroatoms. The Labute approximate surface area is 154 Å². The lowest BCUT2D eigenvalue weighted by molar-refractivity contribution is -0.145. The molecule has 0 spiro atoms. The van der Waals surface area contributed by atoms with Crippen LogP contribution in [0.15, 0.2) is 36.4 Å². The largest absolute Gasteiger partial charge is 0.492 e. The van der Waals surface area contributed by atoms with Gasteiger partial charge in [-0.25, -0.2) is 4.79 Å². The van der Waals surface area contributed by atoms with Gasteiger partial charge in [0, 0.05) is 12.1 Å². The molecule has 0 amide bonds. The van der Waals surface area contributed by atoms with Crippen molar-refractivity contribution in [2.45, 2.75) is 51.6 Å². The molecule has 1 heterocycles. The minimum atomic E-state index is -2.62. The molecule has 26 heavy (non-hydrogen) atoms. The predicted molar refractivity (Wildman–Crippen MR) is 102 cm³/mol. The van der Waals surface area contributed by atoms with Gasteiger partial charge in [0.2, 0.25) is 20.1 Å². The Morgan fingerprint density at radius 1 is 1.08 bits per heavy atom. The SMILES string of the molecule is CC(C)[Si](O)(c1cccc(CCC(=O)On2c(O)ccc2O)c1)C(C)C. The highest BCUT2D eigenvalue weighted by molar-refractivity contribution is 6.87. The molecule has 142 valence electrons. The Hall–Kier alpha value is -2.25. The van der Waals surface area contributed by atoms with E-state index in [2.05, 4.69) is 0 Å². The molecule has 0 aliphatic rings. The van der Waals surface area contributed by atoms with Crippen molar-refractivity contribution in [3.8, 4) is 11.8 Å². The molecule has 0 aliphatic heterocycles. The van der Waals surface area contributed by atoms with Gasteiger partial charge in [0.1, 0.15) is 0 Å². The third-order valence-electron chi connectivity index (χ3n) is 4.76. The Morgan fingerprint density at radius 3 is 2.19 bits per heavy atom. The normalized spacial score (nSPS) is 12.0. The van der Waals surface area contributed by atoms with Crippen molar-refractivity contribution < 1.29 is 24.6 Å². The first-order chi connectivity index (χ1) is 12.2. The molecule has 0 saturated carbocycles. The minimum Gasteiger partial charge on any atom is -0.492 e. The monoisotopic (exact) mass is 377 g/mol. The Bertz CT molecular complexity index is 742. The summed E-state index contributed by atoms with van der Waals surface area (Å²) in [6.45, 7) is 8.19. The summed E-state index contributed by atoms with van der Waals surface area (Å²) in [4.78, 5) is 28.2. The van der Waals surface area contributed by atoms with Crippen LogP contribution in [-0.2, 0) is 11.2 Å². The Balaban J connectivity index is 2.08. The number of aromatic hydroxyl groups is 2. The molecule has 0 radical (unpaired) electrons. The van der Waals surface area contributed by atoms with Crippen molar-refractivity contribution >= 4 is 19.5 Å². The summed E-state index contributed by atoms with van der Waals surface area (Å²) in [6, 6.07) is 10.2. The summed E-state index contributed by atoms with van der Waals surface area (Å²) >= 11 is 0. The van der Waals surface area contributed by atoms with Gasteiger partial charge >= 0.3 is 5.97 Å². The molecule has 0 unspecified atom stereocenters. The zero-order valence-corrected chi connectivity index (χ0v) is 16.6. The van der Waals surface area contributed by atoms with Crippen molar-refractivity contribution in [1.82, 2.24) is 4.73 Å². The summed E-state index contributed by atoms with van der Waals surface area (Å²) in [7, 11) is -2.62. The smallest absolute Gasteiger partial charge is 0.333 e. The van der Waals surface area contributed by atoms with E-state index in [1.54, 1.807) is 0 Å². The first-order valence-electron chi connectivity index (χ1n) is 8.78. The summed E-state index contributed by atoms with van der Waals surface area (Å²) in [5, 5.41) is 20.0. The number of hydrogen-bond donors (Lipinski definition) is 3. The molecule has 6 nitrogen and oxygen atoms in total. The summed E-state index contributed by atoms with van der Waals surface area (Å²) in [6.07, 6.45) is 0.528. The fraction of sp³-hybridized carbons (Fsp3) is 0.421. The topological polar surface area (TPSA) is 91.9 Å². The van der Waals surface area contributed by atoms with Crippen molar-refractivity contribution in [2.24, 2.45) is 0 Å². The fourth-order valence-electron chi connectivity index (χ4n) is 3.20. The maximum absolute atomic E-state index is 12.0. The molecule has 2 rings (SSSR count). The van der Waals surface area contributed by atoms with Gasteiger partial charge < -0.3 is 19.8 Å². The minimum absolute atomic E-state index is 0.0872. The predicted octanol–water partition coefficient (Wildman–Crippen LogP) is 2.45. The fourth-order valence-corrected chi connectivity index (χ4v) is 6.64. The molecule has 0 saturated heterocycles. The number of aromatic nitrogens is 1. The maximum atomic E-state index is 12.0. The highest BCUT2D eigenvalue weighted by Crippen LogP contribution is 2.29. The molecule has 2 aromatic rings. The van der Waals surface area contributed by atoms with Crippen LogP contribution in [0.1, 0.15) is 39.7 Å². The van der Waals surface area contributed by atoms with E-state index in [-0.39, 0.29) is 29.3 Å². The van der Waals surface area contributed by atoms with Crippen LogP contribution in [0, 0.1) is 0 Å². The molecule has 1 aromatic heterocycles. The van der Waals surface area contributed by atoms with Gasteiger partial charge in [-0.2, -0.15) is 0 Å². The number of aryl methyl sites for hydroxylation is 1. The summed E-state index contributed by atoms with van der Waals surface area (Å²) < 4.78 is 0.682. The number of benzene rings is 1. The molecular weight excluding hydrogens is 350 g/mol. The second-order valence-corrected chi connectivity index (χ2v) is 11.7. The molecule has 0 atom stereocenters. The molecule has 0 bridgehead atoms. The van der Waals surface area contributed by atoms with Crippen molar-refractivity contribution in [3.05, 3.63) is 42.0 Å². The lowest BCUT2D eigenvalue weighted by Gasteiger charge is -2.33. The van der Waals surface area contributed by atoms with Crippen LogP contribution >= 0.6 is 0 Å². The first-order valence-corrected chi connectivity index (χ1v) is 10.9. The quantitative estimate of drug-likeness (QED) is 0.645. The molecule has 0 fully saturated rings. The van der Waals surface area contributed by atoms with Crippen LogP contribution in [0.25, 0.3) is 0 Å². The summed E-state index contributed by atoms with van der Waals surface area (Å²) in [5.41, 5.74) is 1.30. The van der Waals surface area contributed by atoms with E-state index in [1.165, 1.54) is 12.1 Å². The second-order valence-electron chi connectivity index (χ2n) is 7.14. The number of rotatable bonds is 7. The standard InChI is InChI=1S/C19H27NO5Si/c1-13(2)26(24,14(3)4)16-7-5-6-15(12-16)8-11-19(23)25-20-17(21)9-10-18(20)22/h5-7,9-10,12-14,21-22,24H,8,11H2,1-4H3. The van der Waals surface area contributed by atoms with Crippen LogP contribution in [-0.4, -0.2) is 34.0 Å². The van der Waals surface area contributed by atoms with Crippen molar-refractivity contribution in [2.75, 3.05) is 0 Å². The second kappa shape index (κ2) is 7.97. The molecule has 0 aliphatic carbocycles. The average Bonchev–Trinajstić information content (AvgIpc) is 2.91. The molecule has 1 aromatic carbocycles. The van der Waals surface area contributed by atoms with E-state index in [9.17, 15) is 19.8 Å². The van der Waals surface area contributed by atoms with Gasteiger partial charge in [-0.3, -0.25) is 0 Å². The van der Waals surface area contributed by atoms with E-state index in [0.717, 1.165) is 10.8 Å². The van der Waals surface area contributed by atoms with Crippen LogP contribution < -0.4 is 10.0 Å². The van der Waals surface area contributed by atoms with E-state index >= 15 is 0 Å². The summed E-state index contributed by atoms with van der Waals surface area (Å²) in [5.74, 6) is -1.26.